The van der Waals surface area contributed by atoms with Crippen LogP contribution < -0.4 is 4.90 Å². The highest BCUT2D eigenvalue weighted by molar-refractivity contribution is 5.73. The van der Waals surface area contributed by atoms with Crippen molar-refractivity contribution in [1.29, 1.82) is 0 Å². The van der Waals surface area contributed by atoms with Gasteiger partial charge in [0.15, 0.2) is 0 Å². The van der Waals surface area contributed by atoms with Crippen molar-refractivity contribution in [2.24, 2.45) is 5.92 Å². The lowest BCUT2D eigenvalue weighted by Gasteiger charge is -2.32. The van der Waals surface area contributed by atoms with Crippen LogP contribution in [0, 0.1) is 23.0 Å². The molecule has 1 aliphatic rings. The number of benzene rings is 1. The molecule has 6 heteroatoms. The van der Waals surface area contributed by atoms with E-state index >= 15 is 0 Å². The van der Waals surface area contributed by atoms with Crippen molar-refractivity contribution in [3.05, 3.63) is 33.9 Å². The SMILES string of the molecule is CCOC(=O)C1CCN(c2cc(C)cc([N+](=O)[O-])c2)CC1. The molecule has 1 aromatic carbocycles. The van der Waals surface area contributed by atoms with Gasteiger partial charge in [-0.05, 0) is 38.3 Å². The molecule has 0 unspecified atom stereocenters. The zero-order valence-corrected chi connectivity index (χ0v) is 12.4. The summed E-state index contributed by atoms with van der Waals surface area (Å²) < 4.78 is 5.05. The second-order valence-corrected chi connectivity index (χ2v) is 5.30. The number of nitro benzene ring substituents is 1. The molecule has 1 heterocycles. The summed E-state index contributed by atoms with van der Waals surface area (Å²) in [5.41, 5.74) is 1.83. The van der Waals surface area contributed by atoms with Gasteiger partial charge in [0.05, 0.1) is 17.4 Å². The van der Waals surface area contributed by atoms with E-state index in [-0.39, 0.29) is 22.5 Å². The Balaban J connectivity index is 2.05. The Morgan fingerprint density at radius 1 is 1.38 bits per heavy atom. The van der Waals surface area contributed by atoms with E-state index in [2.05, 4.69) is 4.90 Å². The van der Waals surface area contributed by atoms with Crippen LogP contribution in [0.1, 0.15) is 25.3 Å². The number of carbonyl (C=O) groups is 1. The molecule has 21 heavy (non-hydrogen) atoms. The van der Waals surface area contributed by atoms with Crippen LogP contribution in [0.3, 0.4) is 0 Å². The van der Waals surface area contributed by atoms with Crippen LogP contribution in [0.5, 0.6) is 0 Å². The minimum absolute atomic E-state index is 0.0546. The molecule has 1 aliphatic heterocycles. The normalized spacial score (nSPS) is 15.8. The van der Waals surface area contributed by atoms with E-state index in [0.717, 1.165) is 24.1 Å². The molecule has 0 radical (unpaired) electrons. The Labute approximate surface area is 123 Å². The van der Waals surface area contributed by atoms with Crippen molar-refractivity contribution < 1.29 is 14.5 Å². The molecule has 0 aromatic heterocycles. The number of hydrogen-bond acceptors (Lipinski definition) is 5. The number of piperidine rings is 1. The van der Waals surface area contributed by atoms with Crippen LogP contribution in [0.15, 0.2) is 18.2 Å². The molecule has 0 bridgehead atoms. The Morgan fingerprint density at radius 2 is 2.05 bits per heavy atom. The van der Waals surface area contributed by atoms with Crippen molar-refractivity contribution in [3.8, 4) is 0 Å². The average molecular weight is 292 g/mol. The summed E-state index contributed by atoms with van der Waals surface area (Å²) in [6.45, 7) is 5.48. The number of carbonyl (C=O) groups excluding carboxylic acids is 1. The number of aryl methyl sites for hydroxylation is 1. The Kier molecular flexibility index (Phi) is 4.77. The highest BCUT2D eigenvalue weighted by atomic mass is 16.6. The molecule has 1 fully saturated rings. The molecule has 0 amide bonds. The third-order valence-corrected chi connectivity index (χ3v) is 3.74. The number of ether oxygens (including phenoxy) is 1. The molecular weight excluding hydrogens is 272 g/mol. The molecule has 0 spiro atoms. The van der Waals surface area contributed by atoms with E-state index in [1.165, 1.54) is 0 Å². The Morgan fingerprint density at radius 3 is 2.62 bits per heavy atom. The number of rotatable bonds is 4. The van der Waals surface area contributed by atoms with E-state index in [0.29, 0.717) is 19.7 Å². The van der Waals surface area contributed by atoms with Crippen LogP contribution in [0.2, 0.25) is 0 Å². The lowest BCUT2D eigenvalue weighted by Crippen LogP contribution is -2.37. The average Bonchev–Trinajstić information content (AvgIpc) is 2.47. The van der Waals surface area contributed by atoms with Gasteiger partial charge in [0.25, 0.3) is 5.69 Å². The van der Waals surface area contributed by atoms with Gasteiger partial charge >= 0.3 is 5.97 Å². The summed E-state index contributed by atoms with van der Waals surface area (Å²) in [6.07, 6.45) is 1.45. The van der Waals surface area contributed by atoms with Gasteiger partial charge in [-0.25, -0.2) is 0 Å². The van der Waals surface area contributed by atoms with Gasteiger partial charge in [-0.15, -0.1) is 0 Å². The van der Waals surface area contributed by atoms with Gasteiger partial charge in [-0.1, -0.05) is 0 Å². The molecule has 6 nitrogen and oxygen atoms in total. The van der Waals surface area contributed by atoms with Crippen molar-refractivity contribution in [2.75, 3.05) is 24.6 Å². The molecule has 0 N–H and O–H groups in total. The zero-order chi connectivity index (χ0) is 15.4. The lowest BCUT2D eigenvalue weighted by molar-refractivity contribution is -0.384. The number of non-ortho nitro benzene ring substituents is 1. The number of nitrogens with zero attached hydrogens (tertiary/aromatic N) is 2. The molecule has 0 aliphatic carbocycles. The van der Waals surface area contributed by atoms with Crippen LogP contribution >= 0.6 is 0 Å². The van der Waals surface area contributed by atoms with Crippen molar-refractivity contribution in [3.63, 3.8) is 0 Å². The van der Waals surface area contributed by atoms with E-state index in [9.17, 15) is 14.9 Å². The fraction of sp³-hybridized carbons (Fsp3) is 0.533. The highest BCUT2D eigenvalue weighted by Crippen LogP contribution is 2.28. The van der Waals surface area contributed by atoms with Gasteiger partial charge < -0.3 is 9.64 Å². The van der Waals surface area contributed by atoms with Gasteiger partial charge in [-0.3, -0.25) is 14.9 Å². The minimum atomic E-state index is -0.373. The summed E-state index contributed by atoms with van der Waals surface area (Å²) in [7, 11) is 0. The first kappa shape index (κ1) is 15.3. The van der Waals surface area contributed by atoms with Crippen LogP contribution in [-0.2, 0) is 9.53 Å². The monoisotopic (exact) mass is 292 g/mol. The number of hydrogen-bond donors (Lipinski definition) is 0. The summed E-state index contributed by atoms with van der Waals surface area (Å²) in [5.74, 6) is -0.187. The summed E-state index contributed by atoms with van der Waals surface area (Å²) in [4.78, 5) is 24.4. The fourth-order valence-corrected chi connectivity index (χ4v) is 2.66. The van der Waals surface area contributed by atoms with Gasteiger partial charge in [0.1, 0.15) is 0 Å². The second kappa shape index (κ2) is 6.56. The minimum Gasteiger partial charge on any atom is -0.466 e. The first-order chi connectivity index (χ1) is 10.0. The third kappa shape index (κ3) is 3.71. The van der Waals surface area contributed by atoms with E-state index in [4.69, 9.17) is 4.74 Å². The van der Waals surface area contributed by atoms with Crippen molar-refractivity contribution in [1.82, 2.24) is 0 Å². The smallest absolute Gasteiger partial charge is 0.309 e. The molecule has 1 aromatic rings. The summed E-state index contributed by atoms with van der Waals surface area (Å²) in [6, 6.07) is 5.10. The van der Waals surface area contributed by atoms with E-state index < -0.39 is 0 Å². The molecule has 0 saturated carbocycles. The third-order valence-electron chi connectivity index (χ3n) is 3.74. The van der Waals surface area contributed by atoms with Crippen LogP contribution in [0.4, 0.5) is 11.4 Å². The maximum atomic E-state index is 11.7. The van der Waals surface area contributed by atoms with Crippen LogP contribution in [0.25, 0.3) is 0 Å². The molecule has 1 saturated heterocycles. The zero-order valence-electron chi connectivity index (χ0n) is 12.4. The highest BCUT2D eigenvalue weighted by Gasteiger charge is 2.26. The molecule has 0 atom stereocenters. The fourth-order valence-electron chi connectivity index (χ4n) is 2.66. The predicted octanol–water partition coefficient (Wildman–Crippen LogP) is 2.68. The lowest BCUT2D eigenvalue weighted by atomic mass is 9.96. The van der Waals surface area contributed by atoms with E-state index in [1.807, 2.05) is 13.0 Å². The maximum Gasteiger partial charge on any atom is 0.309 e. The van der Waals surface area contributed by atoms with E-state index in [1.54, 1.807) is 19.1 Å². The van der Waals surface area contributed by atoms with Crippen molar-refractivity contribution in [2.45, 2.75) is 26.7 Å². The first-order valence-corrected chi connectivity index (χ1v) is 7.19. The topological polar surface area (TPSA) is 72.7 Å². The molecule has 114 valence electrons. The number of esters is 1. The number of nitro groups is 1. The molecule has 2 rings (SSSR count). The second-order valence-electron chi connectivity index (χ2n) is 5.30. The standard InChI is InChI=1S/C15H20N2O4/c1-3-21-15(18)12-4-6-16(7-5-12)13-8-11(2)9-14(10-13)17(19)20/h8-10,12H,3-7H2,1-2H3. The maximum absolute atomic E-state index is 11.7. The summed E-state index contributed by atoms with van der Waals surface area (Å²) >= 11 is 0. The number of anilines is 1. The largest absolute Gasteiger partial charge is 0.466 e. The quantitative estimate of drug-likeness (QED) is 0.484. The van der Waals surface area contributed by atoms with Gasteiger partial charge in [0.2, 0.25) is 0 Å². The predicted molar refractivity (Wildman–Crippen MR) is 79.4 cm³/mol. The van der Waals surface area contributed by atoms with Crippen molar-refractivity contribution >= 4 is 17.3 Å². The van der Waals surface area contributed by atoms with Gasteiger partial charge in [0, 0.05) is 30.9 Å². The Hall–Kier alpha value is -2.11. The van der Waals surface area contributed by atoms with Gasteiger partial charge in [-0.2, -0.15) is 0 Å². The van der Waals surface area contributed by atoms with Crippen LogP contribution in [-0.4, -0.2) is 30.6 Å². The summed E-state index contributed by atoms with van der Waals surface area (Å²) in [5, 5.41) is 10.9. The Bertz CT molecular complexity index is 536. The molecular formula is C15H20N2O4. The first-order valence-electron chi connectivity index (χ1n) is 7.19.